The van der Waals surface area contributed by atoms with E-state index in [0.29, 0.717) is 18.5 Å². The fraction of sp³-hybridized carbons (Fsp3) is 0.320. The molecule has 4 rings (SSSR count). The molecule has 32 heavy (non-hydrogen) atoms. The average molecular weight is 432 g/mol. The molecule has 0 aliphatic rings. The maximum Gasteiger partial charge on any atom is 0.291 e. The second-order valence-corrected chi connectivity index (χ2v) is 8.16. The minimum atomic E-state index is -0.480. The molecule has 0 saturated carbocycles. The molecule has 1 atom stereocenters. The number of nitrogens with one attached hydrogen (secondary N) is 1. The van der Waals surface area contributed by atoms with Crippen molar-refractivity contribution >= 4 is 27.7 Å². The van der Waals surface area contributed by atoms with Gasteiger partial charge in [-0.3, -0.25) is 9.59 Å². The standard InChI is InChI=1S/C25H29N5O2/c1-4-21(24(31)26-14-15-28(2)17-18-10-6-5-7-11-18)30-22-13-9-8-12-19(22)20-16-27-29(3)25(32)23(20)30/h5-13,16,21H,4,14-15,17H2,1-3H3,(H,26,31). The van der Waals surface area contributed by atoms with Gasteiger partial charge in [0.05, 0.1) is 11.7 Å². The smallest absolute Gasteiger partial charge is 0.291 e. The number of aryl methyl sites for hydroxylation is 1. The maximum atomic E-state index is 13.2. The number of benzene rings is 2. The van der Waals surface area contributed by atoms with Crippen LogP contribution < -0.4 is 10.9 Å². The van der Waals surface area contributed by atoms with Gasteiger partial charge in [0.15, 0.2) is 0 Å². The SMILES string of the molecule is CCC(C(=O)NCCN(C)Cc1ccccc1)n1c2ccccc2c2cnn(C)c(=O)c21. The zero-order valence-electron chi connectivity index (χ0n) is 18.8. The molecular weight excluding hydrogens is 402 g/mol. The van der Waals surface area contributed by atoms with Gasteiger partial charge in [-0.1, -0.05) is 55.5 Å². The van der Waals surface area contributed by atoms with E-state index in [-0.39, 0.29) is 11.5 Å². The van der Waals surface area contributed by atoms with E-state index in [4.69, 9.17) is 0 Å². The summed E-state index contributed by atoms with van der Waals surface area (Å²) in [4.78, 5) is 28.4. The first kappa shape index (κ1) is 21.8. The summed E-state index contributed by atoms with van der Waals surface area (Å²) in [5.74, 6) is -0.0814. The summed E-state index contributed by atoms with van der Waals surface area (Å²) in [6.07, 6.45) is 2.28. The molecule has 0 saturated heterocycles. The number of likely N-dealkylation sites (N-methyl/N-ethyl adjacent to an activating group) is 1. The molecule has 1 amide bonds. The number of carbonyl (C=O) groups excluding carboxylic acids is 1. The Hall–Kier alpha value is -3.45. The van der Waals surface area contributed by atoms with Crippen LogP contribution in [0.25, 0.3) is 21.8 Å². The summed E-state index contributed by atoms with van der Waals surface area (Å²) in [5.41, 5.74) is 2.43. The third kappa shape index (κ3) is 4.16. The Morgan fingerprint density at radius 2 is 1.81 bits per heavy atom. The number of hydrogen-bond donors (Lipinski definition) is 1. The zero-order chi connectivity index (χ0) is 22.7. The summed E-state index contributed by atoms with van der Waals surface area (Å²) >= 11 is 0. The van der Waals surface area contributed by atoms with E-state index in [9.17, 15) is 9.59 Å². The quantitative estimate of drug-likeness (QED) is 0.465. The van der Waals surface area contributed by atoms with Crippen molar-refractivity contribution in [3.05, 3.63) is 76.7 Å². The molecular formula is C25H29N5O2. The minimum absolute atomic E-state index is 0.0814. The van der Waals surface area contributed by atoms with Crippen molar-refractivity contribution < 1.29 is 4.79 Å². The van der Waals surface area contributed by atoms with Gasteiger partial charge < -0.3 is 14.8 Å². The van der Waals surface area contributed by atoms with Crippen LogP contribution in [0.15, 0.2) is 65.6 Å². The number of fused-ring (bicyclic) bond motifs is 3. The first-order valence-electron chi connectivity index (χ1n) is 11.0. The molecule has 1 N–H and O–H groups in total. The van der Waals surface area contributed by atoms with Crippen molar-refractivity contribution in [2.24, 2.45) is 7.05 Å². The van der Waals surface area contributed by atoms with E-state index in [0.717, 1.165) is 29.4 Å². The Labute approximate surface area is 187 Å². The van der Waals surface area contributed by atoms with Crippen molar-refractivity contribution in [3.8, 4) is 0 Å². The highest BCUT2D eigenvalue weighted by Gasteiger charge is 2.25. The second kappa shape index (κ2) is 9.36. The van der Waals surface area contributed by atoms with Crippen molar-refractivity contribution in [2.75, 3.05) is 20.1 Å². The third-order valence-electron chi connectivity index (χ3n) is 5.90. The molecule has 1 unspecified atom stereocenters. The van der Waals surface area contributed by atoms with E-state index in [1.807, 2.05) is 61.0 Å². The van der Waals surface area contributed by atoms with Crippen LogP contribution in [0.5, 0.6) is 0 Å². The molecule has 2 heterocycles. The molecule has 0 spiro atoms. The molecule has 0 fully saturated rings. The number of rotatable bonds is 8. The first-order valence-corrected chi connectivity index (χ1v) is 11.0. The molecule has 2 aromatic carbocycles. The Balaban J connectivity index is 1.56. The van der Waals surface area contributed by atoms with Crippen LogP contribution in [-0.2, 0) is 18.4 Å². The number of para-hydroxylation sites is 1. The fourth-order valence-electron chi connectivity index (χ4n) is 4.26. The molecule has 0 aliphatic carbocycles. The first-order chi connectivity index (χ1) is 15.5. The lowest BCUT2D eigenvalue weighted by molar-refractivity contribution is -0.124. The van der Waals surface area contributed by atoms with Gasteiger partial charge in [-0.2, -0.15) is 5.10 Å². The van der Waals surface area contributed by atoms with Gasteiger partial charge in [-0.05, 0) is 25.1 Å². The highest BCUT2D eigenvalue weighted by atomic mass is 16.2. The number of amides is 1. The molecule has 0 aliphatic heterocycles. The van der Waals surface area contributed by atoms with Crippen molar-refractivity contribution in [3.63, 3.8) is 0 Å². The number of nitrogens with zero attached hydrogens (tertiary/aromatic N) is 4. The summed E-state index contributed by atoms with van der Waals surface area (Å²) < 4.78 is 3.21. The Bertz CT molecular complexity index is 1290. The van der Waals surface area contributed by atoms with Crippen LogP contribution in [-0.4, -0.2) is 45.3 Å². The second-order valence-electron chi connectivity index (χ2n) is 8.16. The predicted molar refractivity (Wildman–Crippen MR) is 128 cm³/mol. The van der Waals surface area contributed by atoms with Crippen LogP contribution in [0.3, 0.4) is 0 Å². The number of carbonyl (C=O) groups is 1. The largest absolute Gasteiger partial charge is 0.353 e. The van der Waals surface area contributed by atoms with Gasteiger partial charge >= 0.3 is 0 Å². The van der Waals surface area contributed by atoms with Crippen LogP contribution in [0.4, 0.5) is 0 Å². The van der Waals surface area contributed by atoms with Crippen LogP contribution in [0.1, 0.15) is 24.9 Å². The maximum absolute atomic E-state index is 13.2. The van der Waals surface area contributed by atoms with E-state index >= 15 is 0 Å². The topological polar surface area (TPSA) is 72.2 Å². The average Bonchev–Trinajstić information content (AvgIpc) is 3.12. The monoisotopic (exact) mass is 431 g/mol. The van der Waals surface area contributed by atoms with E-state index in [1.165, 1.54) is 10.2 Å². The molecule has 0 bridgehead atoms. The summed E-state index contributed by atoms with van der Waals surface area (Å²) in [6, 6.07) is 17.6. The lowest BCUT2D eigenvalue weighted by Gasteiger charge is -2.21. The molecule has 166 valence electrons. The molecule has 0 radical (unpaired) electrons. The highest BCUT2D eigenvalue weighted by molar-refractivity contribution is 6.08. The van der Waals surface area contributed by atoms with Gasteiger partial charge in [0.1, 0.15) is 11.6 Å². The van der Waals surface area contributed by atoms with Crippen molar-refractivity contribution in [1.29, 1.82) is 0 Å². The summed E-state index contributed by atoms with van der Waals surface area (Å²) in [6.45, 7) is 4.06. The predicted octanol–water partition coefficient (Wildman–Crippen LogP) is 3.09. The lowest BCUT2D eigenvalue weighted by atomic mass is 10.2. The van der Waals surface area contributed by atoms with E-state index < -0.39 is 6.04 Å². The number of hydrogen-bond acceptors (Lipinski definition) is 4. The summed E-state index contributed by atoms with van der Waals surface area (Å²) in [7, 11) is 3.67. The lowest BCUT2D eigenvalue weighted by Crippen LogP contribution is -2.37. The molecule has 4 aromatic rings. The Morgan fingerprint density at radius 3 is 2.56 bits per heavy atom. The van der Waals surface area contributed by atoms with Gasteiger partial charge in [-0.15, -0.1) is 0 Å². The van der Waals surface area contributed by atoms with E-state index in [1.54, 1.807) is 13.2 Å². The van der Waals surface area contributed by atoms with Gasteiger partial charge in [0, 0.05) is 37.5 Å². The van der Waals surface area contributed by atoms with Crippen molar-refractivity contribution in [2.45, 2.75) is 25.9 Å². The Kier molecular flexibility index (Phi) is 6.37. The highest BCUT2D eigenvalue weighted by Crippen LogP contribution is 2.30. The normalized spacial score (nSPS) is 12.5. The molecule has 7 heteroatoms. The van der Waals surface area contributed by atoms with E-state index in [2.05, 4.69) is 27.4 Å². The molecule has 2 aromatic heterocycles. The Morgan fingerprint density at radius 1 is 1.09 bits per heavy atom. The minimum Gasteiger partial charge on any atom is -0.353 e. The fourth-order valence-corrected chi connectivity index (χ4v) is 4.26. The third-order valence-corrected chi connectivity index (χ3v) is 5.90. The van der Waals surface area contributed by atoms with Gasteiger partial charge in [-0.25, -0.2) is 4.68 Å². The van der Waals surface area contributed by atoms with Gasteiger partial charge in [0.25, 0.3) is 5.56 Å². The van der Waals surface area contributed by atoms with Crippen LogP contribution in [0.2, 0.25) is 0 Å². The van der Waals surface area contributed by atoms with Gasteiger partial charge in [0.2, 0.25) is 5.91 Å². The van der Waals surface area contributed by atoms with Crippen molar-refractivity contribution in [1.82, 2.24) is 24.6 Å². The zero-order valence-corrected chi connectivity index (χ0v) is 18.8. The van der Waals surface area contributed by atoms with Crippen LogP contribution >= 0.6 is 0 Å². The van der Waals surface area contributed by atoms with Crippen LogP contribution in [0, 0.1) is 0 Å². The summed E-state index contributed by atoms with van der Waals surface area (Å²) in [5, 5.41) is 8.97. The molecule has 7 nitrogen and oxygen atoms in total. The number of aromatic nitrogens is 3.